The quantitative estimate of drug-likeness (QED) is 0.777. The average molecular weight is 269 g/mol. The molecule has 2 N–H and O–H groups in total. The van der Waals surface area contributed by atoms with Crippen molar-refractivity contribution in [1.82, 2.24) is 5.32 Å². The molecule has 18 heavy (non-hydrogen) atoms. The molecule has 0 aliphatic carbocycles. The number of carbonyl (C=O) groups is 2. The Morgan fingerprint density at radius 3 is 2.61 bits per heavy atom. The van der Waals surface area contributed by atoms with Crippen LogP contribution in [0.15, 0.2) is 11.4 Å². The van der Waals surface area contributed by atoms with Crippen LogP contribution in [0.25, 0.3) is 0 Å². The maximum atomic E-state index is 11.8. The molecule has 0 fully saturated rings. The fraction of sp³-hybridized carbons (Fsp3) is 0.538. The van der Waals surface area contributed by atoms with Gasteiger partial charge in [0.1, 0.15) is 0 Å². The topological polar surface area (TPSA) is 66.4 Å². The Kier molecular flexibility index (Phi) is 5.50. The summed E-state index contributed by atoms with van der Waals surface area (Å²) in [5, 5.41) is 13.7. The van der Waals surface area contributed by atoms with E-state index in [1.807, 2.05) is 6.92 Å². The molecule has 100 valence electrons. The van der Waals surface area contributed by atoms with Gasteiger partial charge in [0.05, 0.1) is 11.0 Å². The number of hydrogen-bond donors (Lipinski definition) is 2. The molecule has 1 aromatic rings. The first-order valence-corrected chi connectivity index (χ1v) is 6.83. The van der Waals surface area contributed by atoms with Crippen LogP contribution in [0, 0.1) is 5.92 Å². The van der Waals surface area contributed by atoms with Gasteiger partial charge in [0.2, 0.25) is 0 Å². The van der Waals surface area contributed by atoms with Crippen LogP contribution < -0.4 is 5.32 Å². The van der Waals surface area contributed by atoms with E-state index in [2.05, 4.69) is 5.32 Å². The van der Waals surface area contributed by atoms with Crippen LogP contribution in [0.1, 0.15) is 47.2 Å². The molecule has 4 nitrogen and oxygen atoms in total. The Bertz CT molecular complexity index is 426. The number of nitrogens with one attached hydrogen (secondary N) is 1. The minimum absolute atomic E-state index is 0.0345. The van der Waals surface area contributed by atoms with Crippen LogP contribution >= 0.6 is 11.3 Å². The third-order valence-electron chi connectivity index (χ3n) is 2.58. The first-order valence-electron chi connectivity index (χ1n) is 5.96. The summed E-state index contributed by atoms with van der Waals surface area (Å²) in [7, 11) is 0. The third-order valence-corrected chi connectivity index (χ3v) is 3.51. The lowest BCUT2D eigenvalue weighted by Crippen LogP contribution is -2.28. The van der Waals surface area contributed by atoms with Crippen LogP contribution in [0.4, 0.5) is 0 Å². The van der Waals surface area contributed by atoms with E-state index in [4.69, 9.17) is 0 Å². The molecule has 0 saturated carbocycles. The number of ketones is 1. The number of aliphatic hydroxyl groups excluding tert-OH is 1. The van der Waals surface area contributed by atoms with E-state index >= 15 is 0 Å². The van der Waals surface area contributed by atoms with Crippen molar-refractivity contribution < 1.29 is 14.7 Å². The van der Waals surface area contributed by atoms with Gasteiger partial charge in [-0.3, -0.25) is 9.59 Å². The summed E-state index contributed by atoms with van der Waals surface area (Å²) in [5.41, 5.74) is 0.571. The lowest BCUT2D eigenvalue weighted by Gasteiger charge is -2.13. The van der Waals surface area contributed by atoms with E-state index in [-0.39, 0.29) is 23.7 Å². The molecule has 1 amide bonds. The summed E-state index contributed by atoms with van der Waals surface area (Å²) in [6.45, 7) is 5.71. The summed E-state index contributed by atoms with van der Waals surface area (Å²) in [5.74, 6) is 0.0268. The molecule has 1 aromatic heterocycles. The molecule has 0 spiro atoms. The van der Waals surface area contributed by atoms with Gasteiger partial charge in [0, 0.05) is 17.5 Å². The van der Waals surface area contributed by atoms with Crippen molar-refractivity contribution in [2.45, 2.75) is 33.3 Å². The fourth-order valence-electron chi connectivity index (χ4n) is 1.66. The maximum absolute atomic E-state index is 11.8. The highest BCUT2D eigenvalue weighted by molar-refractivity contribution is 7.12. The van der Waals surface area contributed by atoms with Gasteiger partial charge in [0.15, 0.2) is 5.78 Å². The Balaban J connectivity index is 2.47. The summed E-state index contributed by atoms with van der Waals surface area (Å²) in [6, 6.07) is 1.61. The second kappa shape index (κ2) is 6.66. The number of hydrogen-bond acceptors (Lipinski definition) is 4. The predicted molar refractivity (Wildman–Crippen MR) is 72.1 cm³/mol. The zero-order valence-electron chi connectivity index (χ0n) is 10.9. The molecule has 0 aliphatic rings. The molecule has 2 atom stereocenters. The minimum atomic E-state index is -0.358. The van der Waals surface area contributed by atoms with Gasteiger partial charge in [-0.2, -0.15) is 0 Å². The van der Waals surface area contributed by atoms with Gasteiger partial charge in [-0.05, 0) is 32.3 Å². The van der Waals surface area contributed by atoms with Gasteiger partial charge in [0.25, 0.3) is 5.91 Å². The highest BCUT2D eigenvalue weighted by Crippen LogP contribution is 2.15. The Hall–Kier alpha value is -1.20. The van der Waals surface area contributed by atoms with E-state index < -0.39 is 0 Å². The molecule has 0 radical (unpaired) electrons. The van der Waals surface area contributed by atoms with Crippen LogP contribution in [-0.4, -0.2) is 29.4 Å². The van der Waals surface area contributed by atoms with E-state index in [1.54, 1.807) is 18.4 Å². The average Bonchev–Trinajstić information content (AvgIpc) is 2.74. The van der Waals surface area contributed by atoms with Crippen LogP contribution in [0.5, 0.6) is 0 Å². The number of Topliss-reactive ketones (excluding diaryl/α,β-unsaturated/α-hetero) is 1. The maximum Gasteiger partial charge on any atom is 0.261 e. The molecule has 0 aromatic carbocycles. The van der Waals surface area contributed by atoms with E-state index in [9.17, 15) is 14.7 Å². The smallest absolute Gasteiger partial charge is 0.261 e. The highest BCUT2D eigenvalue weighted by Gasteiger charge is 2.12. The molecule has 0 aliphatic heterocycles. The number of aliphatic hydroxyl groups is 1. The van der Waals surface area contributed by atoms with Crippen molar-refractivity contribution >= 4 is 23.0 Å². The molecule has 5 heteroatoms. The largest absolute Gasteiger partial charge is 0.393 e. The number of rotatable bonds is 6. The van der Waals surface area contributed by atoms with Gasteiger partial charge in [-0.25, -0.2) is 0 Å². The SMILES string of the molecule is CC(=O)c1csc(C(=O)NCC(C)CC(C)O)c1. The molecule has 1 rings (SSSR count). The zero-order valence-corrected chi connectivity index (χ0v) is 11.7. The van der Waals surface area contributed by atoms with Gasteiger partial charge >= 0.3 is 0 Å². The zero-order chi connectivity index (χ0) is 13.7. The molecule has 0 bridgehead atoms. The first kappa shape index (κ1) is 14.9. The van der Waals surface area contributed by atoms with E-state index in [1.165, 1.54) is 18.3 Å². The van der Waals surface area contributed by atoms with Crippen molar-refractivity contribution in [3.05, 3.63) is 21.9 Å². The van der Waals surface area contributed by atoms with Crippen molar-refractivity contribution in [1.29, 1.82) is 0 Å². The summed E-state index contributed by atoms with van der Waals surface area (Å²) < 4.78 is 0. The fourth-order valence-corrected chi connectivity index (χ4v) is 2.52. The summed E-state index contributed by atoms with van der Waals surface area (Å²) >= 11 is 1.27. The van der Waals surface area contributed by atoms with Gasteiger partial charge in [-0.1, -0.05) is 6.92 Å². The molecular formula is C13H19NO3S. The highest BCUT2D eigenvalue weighted by atomic mass is 32.1. The van der Waals surface area contributed by atoms with Crippen molar-refractivity contribution in [2.24, 2.45) is 5.92 Å². The first-order chi connectivity index (χ1) is 8.40. The standard InChI is InChI=1S/C13H19NO3S/c1-8(4-9(2)15)6-14-13(17)12-5-11(7-18-12)10(3)16/h5,7-9,15H,4,6H2,1-3H3,(H,14,17). The van der Waals surface area contributed by atoms with E-state index in [0.717, 1.165) is 0 Å². The number of amides is 1. The summed E-state index contributed by atoms with van der Waals surface area (Å²) in [6.07, 6.45) is 0.298. The normalized spacial score (nSPS) is 14.0. The molecular weight excluding hydrogens is 250 g/mol. The predicted octanol–water partition coefficient (Wildman–Crippen LogP) is 2.09. The van der Waals surface area contributed by atoms with Crippen molar-refractivity contribution in [3.8, 4) is 0 Å². The second-order valence-corrected chi connectivity index (χ2v) is 5.57. The monoisotopic (exact) mass is 269 g/mol. The molecule has 2 unspecified atom stereocenters. The van der Waals surface area contributed by atoms with Crippen molar-refractivity contribution in [3.63, 3.8) is 0 Å². The minimum Gasteiger partial charge on any atom is -0.393 e. The Morgan fingerprint density at radius 1 is 1.44 bits per heavy atom. The second-order valence-electron chi connectivity index (χ2n) is 4.66. The molecule has 1 heterocycles. The lowest BCUT2D eigenvalue weighted by molar-refractivity contribution is 0.0943. The number of thiophene rings is 1. The third kappa shape index (κ3) is 4.58. The van der Waals surface area contributed by atoms with Crippen LogP contribution in [0.2, 0.25) is 0 Å². The van der Waals surface area contributed by atoms with Crippen LogP contribution in [-0.2, 0) is 0 Å². The molecule has 0 saturated heterocycles. The van der Waals surface area contributed by atoms with Gasteiger partial charge in [-0.15, -0.1) is 11.3 Å². The number of carbonyl (C=O) groups excluding carboxylic acids is 2. The van der Waals surface area contributed by atoms with Gasteiger partial charge < -0.3 is 10.4 Å². The summed E-state index contributed by atoms with van der Waals surface area (Å²) in [4.78, 5) is 23.5. The Morgan fingerprint density at radius 2 is 2.11 bits per heavy atom. The van der Waals surface area contributed by atoms with Crippen molar-refractivity contribution in [2.75, 3.05) is 6.54 Å². The Labute approximate surface area is 111 Å². The lowest BCUT2D eigenvalue weighted by atomic mass is 10.0. The van der Waals surface area contributed by atoms with Crippen LogP contribution in [0.3, 0.4) is 0 Å². The van der Waals surface area contributed by atoms with E-state index in [0.29, 0.717) is 23.4 Å².